The molecule has 3 aromatic rings. The third-order valence-corrected chi connectivity index (χ3v) is 2.99. The first-order valence-electron chi connectivity index (χ1n) is 5.97. The number of tetrazole rings is 1. The first-order chi connectivity index (χ1) is 10.1. The first-order valence-corrected chi connectivity index (χ1v) is 6.35. The van der Waals surface area contributed by atoms with E-state index >= 15 is 0 Å². The molecule has 0 aliphatic carbocycles. The molecule has 1 aromatic carbocycles. The fourth-order valence-electron chi connectivity index (χ4n) is 1.87. The number of benzene rings is 1. The number of furan rings is 1. The van der Waals surface area contributed by atoms with Crippen LogP contribution >= 0.6 is 11.6 Å². The van der Waals surface area contributed by atoms with Crippen molar-refractivity contribution in [3.05, 3.63) is 41.4 Å². The van der Waals surface area contributed by atoms with Gasteiger partial charge >= 0.3 is 5.97 Å². The second-order valence-corrected chi connectivity index (χ2v) is 4.66. The molecule has 0 saturated carbocycles. The summed E-state index contributed by atoms with van der Waals surface area (Å²) in [4.78, 5) is 10.8. The molecule has 0 unspecified atom stereocenters. The van der Waals surface area contributed by atoms with Gasteiger partial charge in [-0.2, -0.15) is 0 Å². The quantitative estimate of drug-likeness (QED) is 0.795. The monoisotopic (exact) mass is 304 g/mol. The predicted octanol–water partition coefficient (Wildman–Crippen LogP) is 2.34. The molecule has 0 spiro atoms. The van der Waals surface area contributed by atoms with Gasteiger partial charge in [0.15, 0.2) is 5.76 Å². The summed E-state index contributed by atoms with van der Waals surface area (Å²) >= 11 is 5.94. The van der Waals surface area contributed by atoms with Gasteiger partial charge in [0.05, 0.1) is 0 Å². The Morgan fingerprint density at radius 3 is 2.86 bits per heavy atom. The average Bonchev–Trinajstić information content (AvgIpc) is 3.06. The molecule has 8 heteroatoms. The third kappa shape index (κ3) is 2.77. The zero-order valence-electron chi connectivity index (χ0n) is 10.6. The SMILES string of the molecule is O=C(O)Cn1nnnc1-c1ccc(-c2cccc(Cl)c2)o1. The van der Waals surface area contributed by atoms with E-state index in [1.54, 1.807) is 24.3 Å². The number of hydrogen-bond donors (Lipinski definition) is 1. The summed E-state index contributed by atoms with van der Waals surface area (Å²) in [5, 5.41) is 20.3. The Hall–Kier alpha value is -2.67. The molecule has 2 heterocycles. The van der Waals surface area contributed by atoms with Crippen molar-refractivity contribution in [3.8, 4) is 22.9 Å². The van der Waals surface area contributed by atoms with E-state index in [9.17, 15) is 4.79 Å². The van der Waals surface area contributed by atoms with Crippen molar-refractivity contribution in [1.29, 1.82) is 0 Å². The van der Waals surface area contributed by atoms with Crippen LogP contribution in [0.25, 0.3) is 22.9 Å². The van der Waals surface area contributed by atoms with E-state index in [4.69, 9.17) is 21.1 Å². The fourth-order valence-corrected chi connectivity index (χ4v) is 2.06. The zero-order valence-corrected chi connectivity index (χ0v) is 11.4. The van der Waals surface area contributed by atoms with Gasteiger partial charge in [-0.05, 0) is 34.7 Å². The maximum atomic E-state index is 10.8. The molecule has 0 atom stereocenters. The van der Waals surface area contributed by atoms with Crippen LogP contribution in [0.1, 0.15) is 0 Å². The normalized spacial score (nSPS) is 10.7. The van der Waals surface area contributed by atoms with E-state index in [2.05, 4.69) is 15.5 Å². The predicted molar refractivity (Wildman–Crippen MR) is 73.6 cm³/mol. The number of aromatic nitrogens is 4. The number of rotatable bonds is 4. The number of carboxylic acids is 1. The lowest BCUT2D eigenvalue weighted by Crippen LogP contribution is -2.11. The largest absolute Gasteiger partial charge is 0.480 e. The highest BCUT2D eigenvalue weighted by molar-refractivity contribution is 6.30. The topological polar surface area (TPSA) is 94.0 Å². The number of halogens is 1. The number of hydrogen-bond acceptors (Lipinski definition) is 5. The lowest BCUT2D eigenvalue weighted by Gasteiger charge is -1.99. The van der Waals surface area contributed by atoms with E-state index in [0.717, 1.165) is 10.2 Å². The van der Waals surface area contributed by atoms with Gasteiger partial charge in [-0.3, -0.25) is 4.79 Å². The van der Waals surface area contributed by atoms with Crippen LogP contribution in [-0.2, 0) is 11.3 Å². The molecule has 106 valence electrons. The highest BCUT2D eigenvalue weighted by atomic mass is 35.5. The molecule has 7 nitrogen and oxygen atoms in total. The molecule has 2 aromatic heterocycles. The van der Waals surface area contributed by atoms with Crippen LogP contribution in [0.5, 0.6) is 0 Å². The number of nitrogens with zero attached hydrogens (tertiary/aromatic N) is 4. The van der Waals surface area contributed by atoms with Crippen LogP contribution in [0, 0.1) is 0 Å². The third-order valence-electron chi connectivity index (χ3n) is 2.75. The molecule has 3 rings (SSSR count). The van der Waals surface area contributed by atoms with E-state index in [-0.39, 0.29) is 12.4 Å². The molecule has 1 N–H and O–H groups in total. The van der Waals surface area contributed by atoms with Gasteiger partial charge in [-0.25, -0.2) is 4.68 Å². The maximum absolute atomic E-state index is 10.8. The van der Waals surface area contributed by atoms with Crippen molar-refractivity contribution in [1.82, 2.24) is 20.2 Å². The summed E-state index contributed by atoms with van der Waals surface area (Å²) in [5.74, 6) is 0.199. The maximum Gasteiger partial charge on any atom is 0.325 e. The van der Waals surface area contributed by atoms with Crippen molar-refractivity contribution in [2.24, 2.45) is 0 Å². The molecule has 0 bridgehead atoms. The Morgan fingerprint density at radius 2 is 2.10 bits per heavy atom. The summed E-state index contributed by atoms with van der Waals surface area (Å²) in [6, 6.07) is 10.6. The van der Waals surface area contributed by atoms with Gasteiger partial charge in [-0.1, -0.05) is 23.7 Å². The Kier molecular flexibility index (Phi) is 3.41. The van der Waals surface area contributed by atoms with Crippen LogP contribution < -0.4 is 0 Å². The zero-order chi connectivity index (χ0) is 14.8. The minimum absolute atomic E-state index is 0.255. The number of carbonyl (C=O) groups is 1. The Morgan fingerprint density at radius 1 is 1.29 bits per heavy atom. The van der Waals surface area contributed by atoms with E-state index < -0.39 is 5.97 Å². The minimum Gasteiger partial charge on any atom is -0.480 e. The standard InChI is InChI=1S/C13H9ClN4O3/c14-9-3-1-2-8(6-9)10-4-5-11(21-10)13-15-16-17-18(13)7-12(19)20/h1-6H,7H2,(H,19,20). The van der Waals surface area contributed by atoms with Crippen molar-refractivity contribution >= 4 is 17.6 Å². The molecular formula is C13H9ClN4O3. The Bertz CT molecular complexity index is 796. The summed E-state index contributed by atoms with van der Waals surface area (Å²) in [6.07, 6.45) is 0. The fraction of sp³-hybridized carbons (Fsp3) is 0.0769. The molecule has 0 radical (unpaired) electrons. The Labute approximate surface area is 123 Å². The average molecular weight is 305 g/mol. The number of carboxylic acid groups (broad SMARTS) is 1. The smallest absolute Gasteiger partial charge is 0.325 e. The van der Waals surface area contributed by atoms with Crippen molar-refractivity contribution in [3.63, 3.8) is 0 Å². The van der Waals surface area contributed by atoms with Crippen LogP contribution in [0.2, 0.25) is 5.02 Å². The van der Waals surface area contributed by atoms with Gasteiger partial charge in [0.1, 0.15) is 12.3 Å². The van der Waals surface area contributed by atoms with Crippen LogP contribution in [-0.4, -0.2) is 31.3 Å². The molecule has 0 aliphatic heterocycles. The van der Waals surface area contributed by atoms with Gasteiger partial charge in [0.2, 0.25) is 5.82 Å². The summed E-state index contributed by atoms with van der Waals surface area (Å²) in [5.41, 5.74) is 0.811. The second-order valence-electron chi connectivity index (χ2n) is 4.23. The number of aliphatic carboxylic acids is 1. The summed E-state index contributed by atoms with van der Waals surface area (Å²) in [7, 11) is 0. The molecule has 0 saturated heterocycles. The van der Waals surface area contributed by atoms with Crippen LogP contribution in [0.15, 0.2) is 40.8 Å². The van der Waals surface area contributed by atoms with E-state index in [0.29, 0.717) is 16.5 Å². The van der Waals surface area contributed by atoms with Crippen molar-refractivity contribution < 1.29 is 14.3 Å². The van der Waals surface area contributed by atoms with E-state index in [1.807, 2.05) is 12.1 Å². The van der Waals surface area contributed by atoms with Crippen LogP contribution in [0.4, 0.5) is 0 Å². The molecule has 0 fully saturated rings. The molecular weight excluding hydrogens is 296 g/mol. The highest BCUT2D eigenvalue weighted by Gasteiger charge is 2.15. The minimum atomic E-state index is -1.04. The summed E-state index contributed by atoms with van der Waals surface area (Å²) < 4.78 is 6.83. The highest BCUT2D eigenvalue weighted by Crippen LogP contribution is 2.28. The summed E-state index contributed by atoms with van der Waals surface area (Å²) in [6.45, 7) is -0.338. The second kappa shape index (κ2) is 5.37. The van der Waals surface area contributed by atoms with Crippen molar-refractivity contribution in [2.75, 3.05) is 0 Å². The Balaban J connectivity index is 1.95. The molecule has 0 amide bonds. The van der Waals surface area contributed by atoms with Gasteiger partial charge < -0.3 is 9.52 Å². The van der Waals surface area contributed by atoms with Gasteiger partial charge in [0.25, 0.3) is 0 Å². The molecule has 0 aliphatic rings. The van der Waals surface area contributed by atoms with Crippen LogP contribution in [0.3, 0.4) is 0 Å². The van der Waals surface area contributed by atoms with Crippen molar-refractivity contribution in [2.45, 2.75) is 6.54 Å². The van der Waals surface area contributed by atoms with Gasteiger partial charge in [0, 0.05) is 10.6 Å². The lowest BCUT2D eigenvalue weighted by molar-refractivity contribution is -0.137. The first kappa shape index (κ1) is 13.3. The van der Waals surface area contributed by atoms with E-state index in [1.165, 1.54) is 0 Å². The molecule has 21 heavy (non-hydrogen) atoms. The lowest BCUT2D eigenvalue weighted by atomic mass is 10.2. The van der Waals surface area contributed by atoms with Gasteiger partial charge in [-0.15, -0.1) is 5.10 Å².